The molecule has 0 heterocycles. The van der Waals surface area contributed by atoms with Crippen molar-refractivity contribution in [2.75, 3.05) is 0 Å². The van der Waals surface area contributed by atoms with Crippen molar-refractivity contribution in [1.29, 1.82) is 0 Å². The minimum absolute atomic E-state index is 0. The second-order valence-corrected chi connectivity index (χ2v) is 12.7. The van der Waals surface area contributed by atoms with Crippen molar-refractivity contribution in [1.82, 2.24) is 0 Å². The van der Waals surface area contributed by atoms with E-state index in [1.54, 1.807) is 0 Å². The van der Waals surface area contributed by atoms with Crippen molar-refractivity contribution in [3.05, 3.63) is 121 Å². The summed E-state index contributed by atoms with van der Waals surface area (Å²) in [4.78, 5) is 0. The van der Waals surface area contributed by atoms with Crippen LogP contribution >= 0.6 is 15.8 Å². The molecule has 4 aromatic carbocycles. The summed E-state index contributed by atoms with van der Waals surface area (Å²) in [5, 5.41) is 5.87. The Bertz CT molecular complexity index is 858. The van der Waals surface area contributed by atoms with Gasteiger partial charge in [0.2, 0.25) is 0 Å². The molecule has 0 saturated carbocycles. The maximum absolute atomic E-state index is 2.47. The number of hydrogen-bond acceptors (Lipinski definition) is 0. The molecule has 0 amide bonds. The zero-order valence-electron chi connectivity index (χ0n) is 17.9. The van der Waals surface area contributed by atoms with Crippen LogP contribution < -0.4 is 21.2 Å². The van der Waals surface area contributed by atoms with Gasteiger partial charge in [-0.05, 0) is 48.4 Å². The Kier molecular flexibility index (Phi) is 9.05. The van der Waals surface area contributed by atoms with Gasteiger partial charge in [0.15, 0.2) is 0 Å². The molecule has 0 saturated heterocycles. The molecule has 0 bridgehead atoms. The van der Waals surface area contributed by atoms with Gasteiger partial charge >= 0.3 is 0 Å². The first-order chi connectivity index (χ1) is 14.8. The van der Waals surface area contributed by atoms with E-state index in [9.17, 15) is 0 Å². The van der Waals surface area contributed by atoms with Crippen LogP contribution in [0.1, 0.15) is 13.8 Å². The Balaban J connectivity index is 0.00000272. The molecule has 0 spiro atoms. The summed E-state index contributed by atoms with van der Waals surface area (Å²) in [6.07, 6.45) is 0. The Morgan fingerprint density at radius 3 is 0.774 bits per heavy atom. The predicted molar refractivity (Wildman–Crippen MR) is 137 cm³/mol. The topological polar surface area (TPSA) is 0 Å². The summed E-state index contributed by atoms with van der Waals surface area (Å²) in [5.74, 6) is 0. The Hall–Kier alpha value is -1.77. The van der Waals surface area contributed by atoms with E-state index >= 15 is 0 Å². The number of benzene rings is 4. The first-order valence-electron chi connectivity index (χ1n) is 10.5. The third-order valence-electron chi connectivity index (χ3n) is 5.65. The Morgan fingerprint density at radius 2 is 0.581 bits per heavy atom. The Labute approximate surface area is 199 Å². The van der Waals surface area contributed by atoms with E-state index in [-0.39, 0.29) is 16.5 Å². The van der Waals surface area contributed by atoms with E-state index in [1.165, 1.54) is 21.2 Å². The minimum atomic E-state index is -0.448. The fraction of sp³-hybridized carbons (Fsp3) is 0.143. The third-order valence-corrected chi connectivity index (χ3v) is 11.8. The SMILES string of the molecule is CC(C(C)P(c1ccccc1)c1ccccc1)P(c1ccccc1)c1ccccc1.[Ni]. The molecule has 2 atom stereocenters. The molecule has 0 radical (unpaired) electrons. The monoisotopic (exact) mass is 484 g/mol. The fourth-order valence-electron chi connectivity index (χ4n) is 4.02. The van der Waals surface area contributed by atoms with Crippen molar-refractivity contribution in [3.8, 4) is 0 Å². The predicted octanol–water partition coefficient (Wildman–Crippen LogP) is 6.03. The van der Waals surface area contributed by atoms with Gasteiger partial charge in [0, 0.05) is 16.5 Å². The summed E-state index contributed by atoms with van der Waals surface area (Å²) >= 11 is 0. The second-order valence-electron chi connectivity index (χ2n) is 7.56. The van der Waals surface area contributed by atoms with Gasteiger partial charge in [0.25, 0.3) is 0 Å². The maximum Gasteiger partial charge on any atom is 0 e. The summed E-state index contributed by atoms with van der Waals surface area (Å²) < 4.78 is 0. The second kappa shape index (κ2) is 11.7. The van der Waals surface area contributed by atoms with Gasteiger partial charge in [-0.1, -0.05) is 135 Å². The van der Waals surface area contributed by atoms with E-state index in [0.29, 0.717) is 11.3 Å². The number of hydrogen-bond donors (Lipinski definition) is 0. The van der Waals surface area contributed by atoms with Crippen molar-refractivity contribution >= 4 is 37.1 Å². The zero-order chi connectivity index (χ0) is 20.8. The van der Waals surface area contributed by atoms with Gasteiger partial charge in [-0.3, -0.25) is 0 Å². The Morgan fingerprint density at radius 1 is 0.387 bits per heavy atom. The van der Waals surface area contributed by atoms with Gasteiger partial charge in [0.1, 0.15) is 0 Å². The zero-order valence-corrected chi connectivity index (χ0v) is 20.7. The van der Waals surface area contributed by atoms with Crippen LogP contribution in [0.15, 0.2) is 121 Å². The normalized spacial score (nSPS) is 12.9. The van der Waals surface area contributed by atoms with Crippen molar-refractivity contribution in [2.24, 2.45) is 0 Å². The average molecular weight is 485 g/mol. The molecule has 160 valence electrons. The molecule has 3 heteroatoms. The van der Waals surface area contributed by atoms with Gasteiger partial charge in [-0.2, -0.15) is 0 Å². The van der Waals surface area contributed by atoms with Crippen LogP contribution in [0, 0.1) is 0 Å². The van der Waals surface area contributed by atoms with Gasteiger partial charge in [0.05, 0.1) is 0 Å². The molecular weight excluding hydrogens is 457 g/mol. The molecule has 0 aliphatic carbocycles. The molecule has 0 nitrogen and oxygen atoms in total. The largest absolute Gasteiger partial charge is 0.0622 e. The van der Waals surface area contributed by atoms with E-state index in [2.05, 4.69) is 135 Å². The summed E-state index contributed by atoms with van der Waals surface area (Å²) in [7, 11) is -0.897. The van der Waals surface area contributed by atoms with E-state index in [1.807, 2.05) is 0 Å². The quantitative estimate of drug-likeness (QED) is 0.222. The fourth-order valence-corrected chi connectivity index (χ4v) is 10.1. The molecule has 2 unspecified atom stereocenters. The van der Waals surface area contributed by atoms with Gasteiger partial charge in [-0.25, -0.2) is 0 Å². The molecule has 4 aromatic rings. The molecule has 0 aliphatic heterocycles. The van der Waals surface area contributed by atoms with Crippen LogP contribution in [-0.4, -0.2) is 11.3 Å². The van der Waals surface area contributed by atoms with E-state index in [0.717, 1.165) is 0 Å². The molecule has 0 aromatic heterocycles. The van der Waals surface area contributed by atoms with Crippen LogP contribution in [0.2, 0.25) is 0 Å². The average Bonchev–Trinajstić information content (AvgIpc) is 2.82. The first-order valence-corrected chi connectivity index (χ1v) is 13.4. The molecule has 0 aliphatic rings. The molecule has 31 heavy (non-hydrogen) atoms. The van der Waals surface area contributed by atoms with Crippen molar-refractivity contribution < 1.29 is 16.5 Å². The van der Waals surface area contributed by atoms with Crippen LogP contribution in [0.25, 0.3) is 0 Å². The third kappa shape index (κ3) is 5.73. The molecule has 0 fully saturated rings. The summed E-state index contributed by atoms with van der Waals surface area (Å²) in [5.41, 5.74) is 1.10. The number of rotatable bonds is 7. The van der Waals surface area contributed by atoms with Crippen LogP contribution in [0.5, 0.6) is 0 Å². The van der Waals surface area contributed by atoms with Crippen LogP contribution in [-0.2, 0) is 16.5 Å². The summed E-state index contributed by atoms with van der Waals surface area (Å²) in [6.45, 7) is 4.94. The molecular formula is C28H28NiP2. The van der Waals surface area contributed by atoms with Crippen LogP contribution in [0.4, 0.5) is 0 Å². The first kappa shape index (κ1) is 23.9. The van der Waals surface area contributed by atoms with Crippen molar-refractivity contribution in [2.45, 2.75) is 25.2 Å². The van der Waals surface area contributed by atoms with E-state index in [4.69, 9.17) is 0 Å². The van der Waals surface area contributed by atoms with Gasteiger partial charge in [-0.15, -0.1) is 0 Å². The molecule has 0 N–H and O–H groups in total. The summed E-state index contributed by atoms with van der Waals surface area (Å²) in [6, 6.07) is 44.5. The maximum atomic E-state index is 2.47. The van der Waals surface area contributed by atoms with Crippen molar-refractivity contribution in [3.63, 3.8) is 0 Å². The minimum Gasteiger partial charge on any atom is -0.0622 e. The van der Waals surface area contributed by atoms with E-state index < -0.39 is 15.8 Å². The molecule has 4 rings (SSSR count). The van der Waals surface area contributed by atoms with Gasteiger partial charge < -0.3 is 0 Å². The standard InChI is InChI=1S/C28H28P2.Ni/c1-23(29(25-15-7-3-8-16-25)26-17-9-4-10-18-26)24(2)30(27-19-11-5-12-20-27)28-21-13-6-14-22-28;/h3-24H,1-2H3;. The smallest absolute Gasteiger partial charge is 0 e. The van der Waals surface area contributed by atoms with Crippen LogP contribution in [0.3, 0.4) is 0 Å².